The second-order valence-electron chi connectivity index (χ2n) is 2.21. The third-order valence-corrected chi connectivity index (χ3v) is 2.46. The van der Waals surface area contributed by atoms with E-state index in [1.807, 2.05) is 18.2 Å². The summed E-state index contributed by atoms with van der Waals surface area (Å²) in [4.78, 5) is 0. The Balaban J connectivity index is 2.62. The van der Waals surface area contributed by atoms with Crippen molar-refractivity contribution in [3.05, 3.63) is 34.3 Å². The fourth-order valence-corrected chi connectivity index (χ4v) is 1.47. The minimum absolute atomic E-state index is 0.743. The van der Waals surface area contributed by atoms with Gasteiger partial charge < -0.3 is 4.52 Å². The van der Waals surface area contributed by atoms with Crippen molar-refractivity contribution < 1.29 is 4.52 Å². The average Bonchev–Trinajstić information content (AvgIpc) is 2.03. The lowest BCUT2D eigenvalue weighted by Crippen LogP contribution is -1.91. The van der Waals surface area contributed by atoms with Crippen LogP contribution < -0.4 is 0 Å². The largest absolute Gasteiger partial charge is 0.365 e. The maximum atomic E-state index is 4.90. The molecule has 0 radical (unpaired) electrons. The van der Waals surface area contributed by atoms with Crippen molar-refractivity contribution in [1.82, 2.24) is 0 Å². The molecule has 0 aromatic heterocycles. The van der Waals surface area contributed by atoms with Gasteiger partial charge in [-0.3, -0.25) is 0 Å². The molecule has 0 aliphatic heterocycles. The van der Waals surface area contributed by atoms with Gasteiger partial charge in [-0.2, -0.15) is 0 Å². The molecule has 1 atom stereocenters. The summed E-state index contributed by atoms with van der Waals surface area (Å²) in [5.41, 5.74) is 1.29. The zero-order valence-electron chi connectivity index (χ0n) is 6.09. The minimum atomic E-state index is 0.743. The standard InChI is InChI=1S/C8H10BrOP/c9-8-4-2-1-3-7(8)5-6-10-11/h1-4H,5-6,11H2. The van der Waals surface area contributed by atoms with Gasteiger partial charge in [-0.15, -0.1) is 0 Å². The Morgan fingerprint density at radius 2 is 2.09 bits per heavy atom. The second-order valence-corrected chi connectivity index (χ2v) is 3.40. The van der Waals surface area contributed by atoms with E-state index in [1.165, 1.54) is 5.56 Å². The van der Waals surface area contributed by atoms with Crippen molar-refractivity contribution in [2.24, 2.45) is 0 Å². The van der Waals surface area contributed by atoms with Crippen molar-refractivity contribution in [1.29, 1.82) is 0 Å². The van der Waals surface area contributed by atoms with Gasteiger partial charge in [-0.1, -0.05) is 34.1 Å². The third kappa shape index (κ3) is 2.90. The Bertz CT molecular complexity index is 227. The molecule has 0 bridgehead atoms. The fourth-order valence-electron chi connectivity index (χ4n) is 0.870. The first-order valence-electron chi connectivity index (χ1n) is 3.39. The summed E-state index contributed by atoms with van der Waals surface area (Å²) in [7, 11) is 2.25. The number of halogens is 1. The first-order valence-corrected chi connectivity index (χ1v) is 4.66. The molecule has 1 unspecified atom stereocenters. The summed E-state index contributed by atoms with van der Waals surface area (Å²) in [6, 6.07) is 8.17. The number of hydrogen-bond acceptors (Lipinski definition) is 1. The lowest BCUT2D eigenvalue weighted by molar-refractivity contribution is 0.377. The Morgan fingerprint density at radius 1 is 1.36 bits per heavy atom. The van der Waals surface area contributed by atoms with Gasteiger partial charge in [0.1, 0.15) is 0 Å². The van der Waals surface area contributed by atoms with Crippen LogP contribution in [0.5, 0.6) is 0 Å². The predicted octanol–water partition coefficient (Wildman–Crippen LogP) is 2.80. The number of benzene rings is 1. The summed E-state index contributed by atoms with van der Waals surface area (Å²) >= 11 is 3.46. The fraction of sp³-hybridized carbons (Fsp3) is 0.250. The molecule has 0 amide bonds. The molecule has 11 heavy (non-hydrogen) atoms. The second kappa shape index (κ2) is 4.87. The van der Waals surface area contributed by atoms with Crippen molar-refractivity contribution in [2.75, 3.05) is 6.61 Å². The monoisotopic (exact) mass is 232 g/mol. The van der Waals surface area contributed by atoms with Crippen LogP contribution in [-0.2, 0) is 10.9 Å². The molecule has 0 saturated carbocycles. The van der Waals surface area contributed by atoms with E-state index in [1.54, 1.807) is 0 Å². The normalized spacial score (nSPS) is 10.0. The number of rotatable bonds is 3. The van der Waals surface area contributed by atoms with Gasteiger partial charge in [0.15, 0.2) is 0 Å². The maximum Gasteiger partial charge on any atom is 0.0542 e. The highest BCUT2D eigenvalue weighted by Gasteiger charge is 1.95. The van der Waals surface area contributed by atoms with E-state index in [9.17, 15) is 0 Å². The molecule has 0 spiro atoms. The Hall–Kier alpha value is 0.0900. The first-order chi connectivity index (χ1) is 5.34. The van der Waals surface area contributed by atoms with Gasteiger partial charge in [0.25, 0.3) is 0 Å². The molecule has 0 heterocycles. The molecule has 0 saturated heterocycles. The van der Waals surface area contributed by atoms with Gasteiger partial charge in [0, 0.05) is 13.9 Å². The Labute approximate surface area is 77.6 Å². The summed E-state index contributed by atoms with van der Waals surface area (Å²) in [6.45, 7) is 0.743. The van der Waals surface area contributed by atoms with Gasteiger partial charge in [0.05, 0.1) is 6.61 Å². The predicted molar refractivity (Wildman–Crippen MR) is 53.5 cm³/mol. The van der Waals surface area contributed by atoms with Crippen LogP contribution in [0, 0.1) is 0 Å². The van der Waals surface area contributed by atoms with Crippen LogP contribution in [0.25, 0.3) is 0 Å². The zero-order valence-corrected chi connectivity index (χ0v) is 8.83. The molecule has 1 rings (SSSR count). The molecule has 0 N–H and O–H groups in total. The Morgan fingerprint density at radius 3 is 2.73 bits per heavy atom. The Kier molecular flexibility index (Phi) is 4.06. The number of hydrogen-bond donors (Lipinski definition) is 0. The smallest absolute Gasteiger partial charge is 0.0542 e. The molecule has 3 heteroatoms. The van der Waals surface area contributed by atoms with Gasteiger partial charge in [-0.05, 0) is 18.1 Å². The van der Waals surface area contributed by atoms with E-state index in [0.717, 1.165) is 17.5 Å². The molecule has 60 valence electrons. The molecular formula is C8H10BrOP. The van der Waals surface area contributed by atoms with Crippen LogP contribution >= 0.6 is 25.4 Å². The van der Waals surface area contributed by atoms with E-state index in [2.05, 4.69) is 31.5 Å². The van der Waals surface area contributed by atoms with Crippen molar-refractivity contribution in [3.8, 4) is 0 Å². The van der Waals surface area contributed by atoms with Gasteiger partial charge in [0.2, 0.25) is 0 Å². The molecule has 1 aromatic rings. The topological polar surface area (TPSA) is 9.23 Å². The van der Waals surface area contributed by atoms with Gasteiger partial charge in [-0.25, -0.2) is 0 Å². The van der Waals surface area contributed by atoms with Crippen LogP contribution in [0.4, 0.5) is 0 Å². The van der Waals surface area contributed by atoms with E-state index in [-0.39, 0.29) is 0 Å². The van der Waals surface area contributed by atoms with Crippen LogP contribution in [-0.4, -0.2) is 6.61 Å². The molecule has 1 aromatic carbocycles. The average molecular weight is 233 g/mol. The highest BCUT2D eigenvalue weighted by molar-refractivity contribution is 9.10. The van der Waals surface area contributed by atoms with E-state index < -0.39 is 0 Å². The lowest BCUT2D eigenvalue weighted by atomic mass is 10.2. The quantitative estimate of drug-likeness (QED) is 0.729. The molecule has 0 aliphatic rings. The van der Waals surface area contributed by atoms with Crippen LogP contribution in [0.1, 0.15) is 5.56 Å². The summed E-state index contributed by atoms with van der Waals surface area (Å²) in [6.07, 6.45) is 0.949. The first kappa shape index (κ1) is 9.18. The van der Waals surface area contributed by atoms with E-state index >= 15 is 0 Å². The highest BCUT2D eigenvalue weighted by atomic mass is 79.9. The van der Waals surface area contributed by atoms with Crippen molar-refractivity contribution >= 4 is 25.4 Å². The lowest BCUT2D eigenvalue weighted by Gasteiger charge is -2.01. The summed E-state index contributed by atoms with van der Waals surface area (Å²) in [5.74, 6) is 0. The van der Waals surface area contributed by atoms with E-state index in [0.29, 0.717) is 0 Å². The third-order valence-electron chi connectivity index (χ3n) is 1.45. The molecular weight excluding hydrogens is 223 g/mol. The van der Waals surface area contributed by atoms with E-state index in [4.69, 9.17) is 4.52 Å². The van der Waals surface area contributed by atoms with Crippen molar-refractivity contribution in [3.63, 3.8) is 0 Å². The summed E-state index contributed by atoms with van der Waals surface area (Å²) < 4.78 is 6.05. The van der Waals surface area contributed by atoms with Crippen LogP contribution in [0.2, 0.25) is 0 Å². The van der Waals surface area contributed by atoms with Crippen LogP contribution in [0.3, 0.4) is 0 Å². The van der Waals surface area contributed by atoms with Gasteiger partial charge >= 0.3 is 0 Å². The van der Waals surface area contributed by atoms with Crippen molar-refractivity contribution in [2.45, 2.75) is 6.42 Å². The zero-order chi connectivity index (χ0) is 8.10. The maximum absolute atomic E-state index is 4.90. The molecule has 0 fully saturated rings. The highest BCUT2D eigenvalue weighted by Crippen LogP contribution is 2.16. The van der Waals surface area contributed by atoms with Crippen LogP contribution in [0.15, 0.2) is 28.7 Å². The molecule has 0 aliphatic carbocycles. The SMILES string of the molecule is POCCc1ccccc1Br. The minimum Gasteiger partial charge on any atom is -0.365 e. The summed E-state index contributed by atoms with van der Waals surface area (Å²) in [5, 5.41) is 0. The molecule has 1 nitrogen and oxygen atoms in total.